The van der Waals surface area contributed by atoms with Gasteiger partial charge >= 0.3 is 5.97 Å². The number of carboxylic acid groups (broad SMARTS) is 1. The Hall–Kier alpha value is -3.36. The number of hydrogen-bond donors (Lipinski definition) is 2. The van der Waals surface area contributed by atoms with Gasteiger partial charge in [0, 0.05) is 25.5 Å². The Kier molecular flexibility index (Phi) is 8.53. The molecule has 2 aromatic carbocycles. The van der Waals surface area contributed by atoms with E-state index in [2.05, 4.69) is 6.58 Å². The van der Waals surface area contributed by atoms with Crippen LogP contribution in [0.3, 0.4) is 0 Å². The van der Waals surface area contributed by atoms with Crippen molar-refractivity contribution in [1.29, 1.82) is 0 Å². The average Bonchev–Trinajstić information content (AvgIpc) is 2.84. The Bertz CT molecular complexity index is 1040. The summed E-state index contributed by atoms with van der Waals surface area (Å²) < 4.78 is 23.9. The highest BCUT2D eigenvalue weighted by Crippen LogP contribution is 2.53. The van der Waals surface area contributed by atoms with Crippen LogP contribution in [0, 0.1) is 0 Å². The Morgan fingerprint density at radius 1 is 1.17 bits per heavy atom. The van der Waals surface area contributed by atoms with Crippen molar-refractivity contribution in [2.75, 3.05) is 20.3 Å². The van der Waals surface area contributed by atoms with Gasteiger partial charge in [-0.2, -0.15) is 0 Å². The summed E-state index contributed by atoms with van der Waals surface area (Å²) in [5.74, 6) is -4.37. The summed E-state index contributed by atoms with van der Waals surface area (Å²) in [6.07, 6.45) is 3.07. The summed E-state index contributed by atoms with van der Waals surface area (Å²) in [7, 11) is 1.29. The first kappa shape index (κ1) is 26.2. The van der Waals surface area contributed by atoms with E-state index in [0.717, 1.165) is 12.0 Å². The predicted octanol–water partition coefficient (Wildman–Crippen LogP) is 3.83. The predicted molar refractivity (Wildman–Crippen MR) is 130 cm³/mol. The van der Waals surface area contributed by atoms with Crippen molar-refractivity contribution in [3.8, 4) is 11.5 Å². The minimum absolute atomic E-state index is 0.0317. The molecule has 3 N–H and O–H groups in total. The molecule has 0 aliphatic carbocycles. The third-order valence-corrected chi connectivity index (χ3v) is 6.16. The molecule has 8 heteroatoms. The average molecular weight is 484 g/mol. The van der Waals surface area contributed by atoms with Gasteiger partial charge in [0.1, 0.15) is 17.4 Å². The Labute approximate surface area is 205 Å². The fourth-order valence-corrected chi connectivity index (χ4v) is 4.64. The largest absolute Gasteiger partial charge is 0.494 e. The number of benzene rings is 2. The minimum atomic E-state index is -2.10. The molecule has 3 atom stereocenters. The molecule has 1 aliphatic rings. The topological polar surface area (TPSA) is 117 Å². The molecule has 1 aliphatic heterocycles. The van der Waals surface area contributed by atoms with Crippen molar-refractivity contribution in [2.24, 2.45) is 5.73 Å². The summed E-state index contributed by atoms with van der Waals surface area (Å²) in [5, 5.41) is 10.5. The van der Waals surface area contributed by atoms with E-state index >= 15 is 0 Å². The first-order valence-corrected chi connectivity index (χ1v) is 11.7. The van der Waals surface area contributed by atoms with Crippen molar-refractivity contribution in [3.63, 3.8) is 0 Å². The normalized spacial score (nSPS) is 23.1. The number of methoxy groups -OCH3 is 1. The highest BCUT2D eigenvalue weighted by Gasteiger charge is 2.69. The first-order valence-electron chi connectivity index (χ1n) is 11.7. The van der Waals surface area contributed by atoms with Crippen molar-refractivity contribution in [1.82, 2.24) is 0 Å². The van der Waals surface area contributed by atoms with Crippen LogP contribution in [0.1, 0.15) is 43.2 Å². The quantitative estimate of drug-likeness (QED) is 0.253. The second-order valence-electron chi connectivity index (χ2n) is 8.38. The van der Waals surface area contributed by atoms with Crippen molar-refractivity contribution < 1.29 is 33.6 Å². The second kappa shape index (κ2) is 11.4. The molecule has 0 spiro atoms. The molecule has 35 heavy (non-hydrogen) atoms. The molecule has 3 unspecified atom stereocenters. The van der Waals surface area contributed by atoms with E-state index < -0.39 is 29.2 Å². The number of aryl methyl sites for hydroxylation is 1. The van der Waals surface area contributed by atoms with Gasteiger partial charge in [-0.05, 0) is 24.1 Å². The van der Waals surface area contributed by atoms with Crippen LogP contribution in [0.2, 0.25) is 0 Å². The van der Waals surface area contributed by atoms with Gasteiger partial charge in [0.2, 0.25) is 11.7 Å². The van der Waals surface area contributed by atoms with Crippen LogP contribution in [0.15, 0.2) is 61.2 Å². The third kappa shape index (κ3) is 4.90. The molecule has 0 fully saturated rings. The third-order valence-electron chi connectivity index (χ3n) is 6.16. The molecule has 8 nitrogen and oxygen atoms in total. The number of carbonyl (C=O) groups is 2. The van der Waals surface area contributed by atoms with Gasteiger partial charge in [0.15, 0.2) is 0 Å². The number of carboxylic acids is 1. The Morgan fingerprint density at radius 3 is 2.51 bits per heavy atom. The number of amides is 1. The fourth-order valence-electron chi connectivity index (χ4n) is 4.64. The van der Waals surface area contributed by atoms with Crippen molar-refractivity contribution in [2.45, 2.75) is 49.9 Å². The standard InChI is InChI=1S/C27H33NO7/c1-4-11-19-12-9-15-21-22(24(28)29)27(32-3,26(16-5-2,25(30)31)35-23(19)21)34-18-10-17-33-20-13-7-6-8-14-20/h5-9,12-15,22H,2,4,10-11,16-18H2,1,3H3,(H2,28,29)(H,30,31). The van der Waals surface area contributed by atoms with E-state index in [1.165, 1.54) is 13.2 Å². The number of ether oxygens (including phenoxy) is 4. The van der Waals surface area contributed by atoms with E-state index in [9.17, 15) is 14.7 Å². The van der Waals surface area contributed by atoms with E-state index in [0.29, 0.717) is 36.5 Å². The Morgan fingerprint density at radius 2 is 1.91 bits per heavy atom. The monoisotopic (exact) mass is 483 g/mol. The lowest BCUT2D eigenvalue weighted by Gasteiger charge is -2.52. The van der Waals surface area contributed by atoms with Crippen LogP contribution < -0.4 is 15.2 Å². The second-order valence-corrected chi connectivity index (χ2v) is 8.38. The number of primary amides is 1. The van der Waals surface area contributed by atoms with Crippen LogP contribution in [-0.4, -0.2) is 48.7 Å². The molecular weight excluding hydrogens is 450 g/mol. The summed E-state index contributed by atoms with van der Waals surface area (Å²) in [4.78, 5) is 25.8. The number of para-hydroxylation sites is 2. The van der Waals surface area contributed by atoms with Gasteiger partial charge in [-0.25, -0.2) is 4.79 Å². The van der Waals surface area contributed by atoms with E-state index in [1.807, 2.05) is 43.3 Å². The number of fused-ring (bicyclic) bond motifs is 1. The first-order chi connectivity index (χ1) is 16.9. The summed E-state index contributed by atoms with van der Waals surface area (Å²) in [5.41, 5.74) is 5.01. The lowest BCUT2D eigenvalue weighted by Crippen LogP contribution is -2.71. The van der Waals surface area contributed by atoms with E-state index in [1.54, 1.807) is 12.1 Å². The molecule has 3 rings (SSSR count). The summed E-state index contributed by atoms with van der Waals surface area (Å²) >= 11 is 0. The molecule has 0 radical (unpaired) electrons. The fraction of sp³-hybridized carbons (Fsp3) is 0.407. The molecule has 0 saturated carbocycles. The van der Waals surface area contributed by atoms with Gasteiger partial charge < -0.3 is 29.8 Å². The lowest BCUT2D eigenvalue weighted by atomic mass is 9.73. The number of hydrogen-bond acceptors (Lipinski definition) is 6. The maximum atomic E-state index is 12.9. The van der Waals surface area contributed by atoms with Crippen LogP contribution >= 0.6 is 0 Å². The smallest absolute Gasteiger partial charge is 0.354 e. The molecule has 2 aromatic rings. The van der Waals surface area contributed by atoms with E-state index in [4.69, 9.17) is 24.7 Å². The maximum Gasteiger partial charge on any atom is 0.354 e. The zero-order chi connectivity index (χ0) is 25.5. The van der Waals surface area contributed by atoms with Crippen LogP contribution in [-0.2, 0) is 25.5 Å². The number of nitrogens with two attached hydrogens (primary N) is 1. The molecular formula is C27H33NO7. The SMILES string of the molecule is C=CCC1(C(=O)O)Oc2c(CCC)cccc2C(C(N)=O)C1(OC)OCCCOc1ccccc1. The molecule has 1 heterocycles. The van der Waals surface area contributed by atoms with Gasteiger partial charge in [0.25, 0.3) is 5.60 Å². The van der Waals surface area contributed by atoms with Gasteiger partial charge in [-0.15, -0.1) is 6.58 Å². The highest BCUT2D eigenvalue weighted by molar-refractivity contribution is 5.90. The number of aliphatic carboxylic acids is 1. The number of rotatable bonds is 13. The molecule has 188 valence electrons. The molecule has 0 aromatic heterocycles. The maximum absolute atomic E-state index is 12.9. The van der Waals surface area contributed by atoms with Crippen LogP contribution in [0.5, 0.6) is 11.5 Å². The summed E-state index contributed by atoms with van der Waals surface area (Å²) in [6, 6.07) is 14.6. The zero-order valence-corrected chi connectivity index (χ0v) is 20.2. The highest BCUT2D eigenvalue weighted by atomic mass is 16.7. The van der Waals surface area contributed by atoms with E-state index in [-0.39, 0.29) is 13.0 Å². The van der Waals surface area contributed by atoms with Gasteiger partial charge in [-0.3, -0.25) is 4.79 Å². The van der Waals surface area contributed by atoms with Crippen molar-refractivity contribution >= 4 is 11.9 Å². The molecule has 1 amide bonds. The van der Waals surface area contributed by atoms with Gasteiger partial charge in [0.05, 0.1) is 13.2 Å². The number of carbonyl (C=O) groups excluding carboxylic acids is 1. The summed E-state index contributed by atoms with van der Waals surface area (Å²) in [6.45, 7) is 6.06. The van der Waals surface area contributed by atoms with Crippen LogP contribution in [0.4, 0.5) is 0 Å². The minimum Gasteiger partial charge on any atom is -0.494 e. The van der Waals surface area contributed by atoms with Crippen LogP contribution in [0.25, 0.3) is 0 Å². The van der Waals surface area contributed by atoms with Crippen molar-refractivity contribution in [3.05, 3.63) is 72.3 Å². The molecule has 0 bridgehead atoms. The Balaban J connectivity index is 2.01. The zero-order valence-electron chi connectivity index (χ0n) is 20.2. The van der Waals surface area contributed by atoms with Gasteiger partial charge in [-0.1, -0.05) is 55.8 Å². The molecule has 0 saturated heterocycles. The lowest BCUT2D eigenvalue weighted by molar-refractivity contribution is -0.313.